The number of benzene rings is 2. The zero-order chi connectivity index (χ0) is 18.4. The van der Waals surface area contributed by atoms with Crippen molar-refractivity contribution in [1.82, 2.24) is 0 Å². The third-order valence-electron chi connectivity index (χ3n) is 3.48. The lowest BCUT2D eigenvalue weighted by Crippen LogP contribution is -2.18. The molecule has 0 aliphatic rings. The van der Waals surface area contributed by atoms with Crippen molar-refractivity contribution >= 4 is 17.6 Å². The van der Waals surface area contributed by atoms with E-state index < -0.39 is 5.97 Å². The maximum atomic E-state index is 11.9. The van der Waals surface area contributed by atoms with Crippen molar-refractivity contribution in [3.05, 3.63) is 54.1 Å². The molecular weight excluding hydrogens is 318 g/mol. The van der Waals surface area contributed by atoms with Gasteiger partial charge in [-0.05, 0) is 47.4 Å². The average Bonchev–Trinajstić information content (AvgIpc) is 2.54. The summed E-state index contributed by atoms with van der Waals surface area (Å²) in [5, 5.41) is 2.64. The van der Waals surface area contributed by atoms with E-state index in [-0.39, 0.29) is 17.9 Å². The molecule has 2 rings (SSSR count). The lowest BCUT2D eigenvalue weighted by molar-refractivity contribution is -0.136. The van der Waals surface area contributed by atoms with Crippen LogP contribution in [0.3, 0.4) is 0 Å². The Balaban J connectivity index is 1.85. The molecule has 0 aliphatic heterocycles. The maximum absolute atomic E-state index is 11.9. The van der Waals surface area contributed by atoms with E-state index in [2.05, 4.69) is 26.1 Å². The van der Waals surface area contributed by atoms with Crippen LogP contribution in [-0.4, -0.2) is 18.5 Å². The van der Waals surface area contributed by atoms with Crippen molar-refractivity contribution in [2.24, 2.45) is 0 Å². The summed E-state index contributed by atoms with van der Waals surface area (Å²) in [5.41, 5.74) is 1.91. The van der Waals surface area contributed by atoms with Gasteiger partial charge < -0.3 is 14.8 Å². The van der Waals surface area contributed by atoms with E-state index in [0.29, 0.717) is 17.2 Å². The summed E-state index contributed by atoms with van der Waals surface area (Å²) < 4.78 is 10.6. The topological polar surface area (TPSA) is 64.6 Å². The van der Waals surface area contributed by atoms with E-state index in [0.717, 1.165) is 0 Å². The summed E-state index contributed by atoms with van der Waals surface area (Å²) in [5.74, 6) is 0.361. The number of carbonyl (C=O) groups is 2. The molecule has 0 atom stereocenters. The zero-order valence-corrected chi connectivity index (χ0v) is 15.0. The molecule has 1 N–H and O–H groups in total. The van der Waals surface area contributed by atoms with Crippen molar-refractivity contribution in [3.8, 4) is 11.5 Å². The Kier molecular flexibility index (Phi) is 5.80. The van der Waals surface area contributed by atoms with Gasteiger partial charge in [0.15, 0.2) is 6.61 Å². The minimum atomic E-state index is -0.493. The smallest absolute Gasteiger partial charge is 0.349 e. The molecule has 0 spiro atoms. The highest BCUT2D eigenvalue weighted by molar-refractivity contribution is 5.88. The number of nitrogens with one attached hydrogen (secondary N) is 1. The first-order chi connectivity index (χ1) is 11.7. The number of hydrogen-bond acceptors (Lipinski definition) is 4. The number of rotatable bonds is 5. The number of anilines is 1. The molecule has 0 aliphatic carbocycles. The molecule has 25 heavy (non-hydrogen) atoms. The van der Waals surface area contributed by atoms with Gasteiger partial charge in [-0.1, -0.05) is 32.9 Å². The summed E-state index contributed by atoms with van der Waals surface area (Å²) >= 11 is 0. The molecule has 5 heteroatoms. The van der Waals surface area contributed by atoms with E-state index in [1.54, 1.807) is 24.3 Å². The van der Waals surface area contributed by atoms with Gasteiger partial charge in [-0.3, -0.25) is 4.79 Å². The fourth-order valence-electron chi connectivity index (χ4n) is 2.16. The minimum absolute atomic E-state index is 0.0703. The highest BCUT2D eigenvalue weighted by atomic mass is 16.6. The van der Waals surface area contributed by atoms with Crippen molar-refractivity contribution in [1.29, 1.82) is 0 Å². The highest BCUT2D eigenvalue weighted by Gasteiger charge is 2.13. The second kappa shape index (κ2) is 7.83. The van der Waals surface area contributed by atoms with Crippen LogP contribution in [0.2, 0.25) is 0 Å². The highest BCUT2D eigenvalue weighted by Crippen LogP contribution is 2.24. The molecule has 0 radical (unpaired) electrons. The van der Waals surface area contributed by atoms with Crippen molar-refractivity contribution in [3.63, 3.8) is 0 Å². The summed E-state index contributed by atoms with van der Waals surface area (Å²) in [6, 6.07) is 14.2. The van der Waals surface area contributed by atoms with Crippen molar-refractivity contribution < 1.29 is 19.1 Å². The van der Waals surface area contributed by atoms with Gasteiger partial charge >= 0.3 is 5.97 Å². The fraction of sp³-hybridized carbons (Fsp3) is 0.300. The van der Waals surface area contributed by atoms with Gasteiger partial charge in [0.05, 0.1) is 0 Å². The zero-order valence-electron chi connectivity index (χ0n) is 15.0. The van der Waals surface area contributed by atoms with Gasteiger partial charge in [-0.15, -0.1) is 0 Å². The van der Waals surface area contributed by atoms with E-state index in [4.69, 9.17) is 9.47 Å². The van der Waals surface area contributed by atoms with Gasteiger partial charge in [0.2, 0.25) is 5.91 Å². The Bertz CT molecular complexity index is 728. The number of carbonyl (C=O) groups excluding carboxylic acids is 2. The largest absolute Gasteiger partial charge is 0.482 e. The molecule has 1 amide bonds. The van der Waals surface area contributed by atoms with Gasteiger partial charge in [0.1, 0.15) is 11.5 Å². The Hall–Kier alpha value is -2.82. The molecule has 2 aromatic carbocycles. The molecule has 0 bridgehead atoms. The number of esters is 1. The number of amides is 1. The third kappa shape index (κ3) is 5.95. The van der Waals surface area contributed by atoms with Crippen LogP contribution in [0.15, 0.2) is 48.5 Å². The van der Waals surface area contributed by atoms with E-state index >= 15 is 0 Å². The second-order valence-electron chi connectivity index (χ2n) is 6.74. The van der Waals surface area contributed by atoms with Crippen LogP contribution >= 0.6 is 0 Å². The Labute approximate surface area is 148 Å². The Morgan fingerprint density at radius 3 is 2.00 bits per heavy atom. The van der Waals surface area contributed by atoms with Crippen molar-refractivity contribution in [2.75, 3.05) is 11.9 Å². The van der Waals surface area contributed by atoms with E-state index in [9.17, 15) is 9.59 Å². The average molecular weight is 341 g/mol. The molecule has 0 heterocycles. The summed E-state index contributed by atoms with van der Waals surface area (Å²) in [4.78, 5) is 22.8. The first-order valence-corrected chi connectivity index (χ1v) is 8.06. The third-order valence-corrected chi connectivity index (χ3v) is 3.48. The second-order valence-corrected chi connectivity index (χ2v) is 6.74. The van der Waals surface area contributed by atoms with E-state index in [1.807, 2.05) is 24.3 Å². The molecule has 0 fully saturated rings. The maximum Gasteiger partial charge on any atom is 0.349 e. The first-order valence-electron chi connectivity index (χ1n) is 8.06. The first kappa shape index (κ1) is 18.5. The van der Waals surface area contributed by atoms with Gasteiger partial charge in [0, 0.05) is 12.6 Å². The molecule has 0 unspecified atom stereocenters. The van der Waals surface area contributed by atoms with Crippen LogP contribution in [-0.2, 0) is 15.0 Å². The molecule has 0 saturated heterocycles. The predicted molar refractivity (Wildman–Crippen MR) is 97.0 cm³/mol. The van der Waals surface area contributed by atoms with Gasteiger partial charge in [-0.25, -0.2) is 4.79 Å². The lowest BCUT2D eigenvalue weighted by Gasteiger charge is -2.19. The summed E-state index contributed by atoms with van der Waals surface area (Å²) in [6.07, 6.45) is 0. The van der Waals surface area contributed by atoms with Gasteiger partial charge in [0.25, 0.3) is 0 Å². The monoisotopic (exact) mass is 341 g/mol. The summed E-state index contributed by atoms with van der Waals surface area (Å²) in [6.45, 7) is 7.66. The van der Waals surface area contributed by atoms with Gasteiger partial charge in [-0.2, -0.15) is 0 Å². The van der Waals surface area contributed by atoms with Crippen LogP contribution in [0.5, 0.6) is 11.5 Å². The summed E-state index contributed by atoms with van der Waals surface area (Å²) in [7, 11) is 0. The number of hydrogen-bond donors (Lipinski definition) is 1. The van der Waals surface area contributed by atoms with Crippen LogP contribution in [0, 0.1) is 0 Å². The van der Waals surface area contributed by atoms with Crippen LogP contribution in [0.4, 0.5) is 5.69 Å². The van der Waals surface area contributed by atoms with Crippen molar-refractivity contribution in [2.45, 2.75) is 33.1 Å². The quantitative estimate of drug-likeness (QED) is 0.661. The normalized spacial score (nSPS) is 10.9. The van der Waals surface area contributed by atoms with E-state index in [1.165, 1.54) is 12.5 Å². The fourth-order valence-corrected chi connectivity index (χ4v) is 2.16. The predicted octanol–water partition coefficient (Wildman–Crippen LogP) is 3.93. The lowest BCUT2D eigenvalue weighted by atomic mass is 9.87. The Morgan fingerprint density at radius 1 is 0.920 bits per heavy atom. The Morgan fingerprint density at radius 2 is 1.48 bits per heavy atom. The van der Waals surface area contributed by atoms with Crippen LogP contribution in [0.1, 0.15) is 33.3 Å². The molecule has 2 aromatic rings. The minimum Gasteiger partial charge on any atom is -0.482 e. The molecule has 0 aromatic heterocycles. The number of ether oxygens (including phenoxy) is 2. The molecule has 132 valence electrons. The van der Waals surface area contributed by atoms with Crippen LogP contribution < -0.4 is 14.8 Å². The molecule has 0 saturated carbocycles. The molecular formula is C20H23NO4. The standard InChI is InChI=1S/C20H23NO4/c1-14(22)21-16-7-11-18(12-8-16)25-19(23)13-24-17-9-5-15(6-10-17)20(2,3)4/h5-12H,13H2,1-4H3,(H,21,22). The van der Waals surface area contributed by atoms with Crippen LogP contribution in [0.25, 0.3) is 0 Å². The molecule has 5 nitrogen and oxygen atoms in total. The SMILES string of the molecule is CC(=O)Nc1ccc(OC(=O)COc2ccc(C(C)(C)C)cc2)cc1.